The van der Waals surface area contributed by atoms with Gasteiger partial charge in [-0.3, -0.25) is 14.4 Å². The Morgan fingerprint density at radius 2 is 2.20 bits per heavy atom. The number of nitrogens with one attached hydrogen (secondary N) is 1. The molecule has 2 amide bonds. The average Bonchev–Trinajstić information content (AvgIpc) is 2.97. The fourth-order valence-electron chi connectivity index (χ4n) is 2.95. The minimum atomic E-state index is -0.250. The summed E-state index contributed by atoms with van der Waals surface area (Å²) in [6.07, 6.45) is 4.24. The summed E-state index contributed by atoms with van der Waals surface area (Å²) < 4.78 is 6.89. The lowest BCUT2D eigenvalue weighted by Gasteiger charge is -2.31. The number of imidazole rings is 1. The van der Waals surface area contributed by atoms with E-state index < -0.39 is 0 Å². The van der Waals surface area contributed by atoms with Crippen molar-refractivity contribution in [2.45, 2.75) is 25.8 Å². The van der Waals surface area contributed by atoms with E-state index in [1.54, 1.807) is 13.4 Å². The minimum Gasteiger partial charge on any atom is -0.483 e. The number of amides is 2. The van der Waals surface area contributed by atoms with Gasteiger partial charge in [0.2, 0.25) is 5.91 Å². The highest BCUT2D eigenvalue weighted by atomic mass is 16.5. The number of nitrogens with zero attached hydrogens (tertiary/aromatic N) is 3. The quantitative estimate of drug-likeness (QED) is 0.558. The van der Waals surface area contributed by atoms with Crippen molar-refractivity contribution in [1.82, 2.24) is 19.8 Å². The van der Waals surface area contributed by atoms with Gasteiger partial charge < -0.3 is 24.6 Å². The molecule has 1 aromatic rings. The van der Waals surface area contributed by atoms with Gasteiger partial charge in [-0.1, -0.05) is 0 Å². The molecule has 1 fully saturated rings. The first-order valence-electron chi connectivity index (χ1n) is 8.30. The third-order valence-electron chi connectivity index (χ3n) is 4.42. The van der Waals surface area contributed by atoms with E-state index >= 15 is 0 Å². The first-order chi connectivity index (χ1) is 12.1. The van der Waals surface area contributed by atoms with Gasteiger partial charge in [-0.05, 0) is 19.3 Å². The lowest BCUT2D eigenvalue weighted by Crippen LogP contribution is -2.43. The highest BCUT2D eigenvalue weighted by Gasteiger charge is 2.31. The second-order valence-corrected chi connectivity index (χ2v) is 5.96. The number of likely N-dealkylation sites (tertiary alicyclic amines) is 1. The number of carbonyl (C=O) groups is 3. The first kappa shape index (κ1) is 18.9. The standard InChI is InChI=1S/C15H22N4O3.CH2O2/c1-22-8-5-16-14(20)11-3-4-12-13(17-10-19(12)9-11)15(21)18-6-2-7-18;2-1-3/h10-11H,2-9H2,1H3,(H,16,20);1H,(H,2,3). The molecule has 2 aliphatic heterocycles. The largest absolute Gasteiger partial charge is 0.483 e. The Bertz CT molecular complexity index is 612. The number of fused-ring (bicyclic) bond motifs is 1. The summed E-state index contributed by atoms with van der Waals surface area (Å²) in [4.78, 5) is 38.9. The highest BCUT2D eigenvalue weighted by Crippen LogP contribution is 2.24. The van der Waals surface area contributed by atoms with Crippen LogP contribution >= 0.6 is 0 Å². The van der Waals surface area contributed by atoms with Crippen LogP contribution in [-0.4, -0.2) is 71.2 Å². The van der Waals surface area contributed by atoms with Crippen molar-refractivity contribution in [3.05, 3.63) is 17.7 Å². The number of methoxy groups -OCH3 is 1. The van der Waals surface area contributed by atoms with Crippen LogP contribution < -0.4 is 5.32 Å². The fraction of sp³-hybridized carbons (Fsp3) is 0.625. The number of ether oxygens (including phenoxy) is 1. The van der Waals surface area contributed by atoms with E-state index in [1.165, 1.54) is 0 Å². The van der Waals surface area contributed by atoms with Crippen LogP contribution in [0.15, 0.2) is 6.33 Å². The summed E-state index contributed by atoms with van der Waals surface area (Å²) in [7, 11) is 1.61. The molecule has 1 unspecified atom stereocenters. The van der Waals surface area contributed by atoms with Crippen LogP contribution in [-0.2, 0) is 27.3 Å². The molecule has 138 valence electrons. The molecule has 0 aliphatic carbocycles. The number of carbonyl (C=O) groups excluding carboxylic acids is 2. The summed E-state index contributed by atoms with van der Waals surface area (Å²) >= 11 is 0. The second-order valence-electron chi connectivity index (χ2n) is 5.96. The van der Waals surface area contributed by atoms with Crippen LogP contribution in [0, 0.1) is 5.92 Å². The second kappa shape index (κ2) is 9.16. The zero-order chi connectivity index (χ0) is 18.2. The topological polar surface area (TPSA) is 114 Å². The van der Waals surface area contributed by atoms with E-state index in [4.69, 9.17) is 14.6 Å². The highest BCUT2D eigenvalue weighted by molar-refractivity contribution is 5.94. The van der Waals surface area contributed by atoms with Crippen LogP contribution in [0.1, 0.15) is 29.0 Å². The normalized spacial score (nSPS) is 18.3. The minimum absolute atomic E-state index is 0.0306. The summed E-state index contributed by atoms with van der Waals surface area (Å²) in [6, 6.07) is 0. The van der Waals surface area contributed by atoms with Gasteiger partial charge in [-0.25, -0.2) is 4.98 Å². The molecule has 3 rings (SSSR count). The molecule has 0 aromatic carbocycles. The first-order valence-corrected chi connectivity index (χ1v) is 8.30. The zero-order valence-corrected chi connectivity index (χ0v) is 14.3. The summed E-state index contributed by atoms with van der Waals surface area (Å²) in [5.74, 6) is 0.0144. The fourth-order valence-corrected chi connectivity index (χ4v) is 2.95. The van der Waals surface area contributed by atoms with Gasteiger partial charge in [0.1, 0.15) is 5.69 Å². The van der Waals surface area contributed by atoms with Gasteiger partial charge in [0.25, 0.3) is 12.4 Å². The maximum absolute atomic E-state index is 12.3. The molecule has 3 heterocycles. The van der Waals surface area contributed by atoms with Crippen molar-refractivity contribution in [1.29, 1.82) is 0 Å². The van der Waals surface area contributed by atoms with E-state index in [-0.39, 0.29) is 24.2 Å². The molecule has 1 atom stereocenters. The molecule has 2 aliphatic rings. The summed E-state index contributed by atoms with van der Waals surface area (Å²) in [5, 5.41) is 9.77. The molecule has 1 aromatic heterocycles. The van der Waals surface area contributed by atoms with Crippen LogP contribution in [0.25, 0.3) is 0 Å². The molecule has 0 saturated carbocycles. The van der Waals surface area contributed by atoms with Gasteiger partial charge in [0.15, 0.2) is 0 Å². The molecular weight excluding hydrogens is 328 g/mol. The van der Waals surface area contributed by atoms with E-state index in [0.717, 1.165) is 38.0 Å². The van der Waals surface area contributed by atoms with Crippen LogP contribution in [0.4, 0.5) is 0 Å². The molecule has 9 nitrogen and oxygen atoms in total. The molecule has 9 heteroatoms. The Morgan fingerprint density at radius 3 is 2.80 bits per heavy atom. The van der Waals surface area contributed by atoms with Crippen molar-refractivity contribution in [2.24, 2.45) is 5.92 Å². The number of aromatic nitrogens is 2. The van der Waals surface area contributed by atoms with Gasteiger partial charge in [0, 0.05) is 33.3 Å². The Labute approximate surface area is 146 Å². The smallest absolute Gasteiger partial charge is 0.290 e. The van der Waals surface area contributed by atoms with Crippen LogP contribution in [0.2, 0.25) is 0 Å². The predicted octanol–water partition coefficient (Wildman–Crippen LogP) is -0.245. The summed E-state index contributed by atoms with van der Waals surface area (Å²) in [5.41, 5.74) is 1.54. The third kappa shape index (κ3) is 4.56. The van der Waals surface area contributed by atoms with E-state index in [1.807, 2.05) is 9.47 Å². The van der Waals surface area contributed by atoms with Gasteiger partial charge in [-0.2, -0.15) is 0 Å². The number of hydrogen-bond acceptors (Lipinski definition) is 5. The summed E-state index contributed by atoms with van der Waals surface area (Å²) in [6.45, 7) is 3.05. The van der Waals surface area contributed by atoms with Crippen molar-refractivity contribution < 1.29 is 24.2 Å². The molecule has 0 bridgehead atoms. The maximum Gasteiger partial charge on any atom is 0.290 e. The lowest BCUT2D eigenvalue weighted by atomic mass is 9.96. The molecule has 0 spiro atoms. The number of carboxylic acid groups (broad SMARTS) is 1. The van der Waals surface area contributed by atoms with E-state index in [2.05, 4.69) is 10.3 Å². The Kier molecular flexibility index (Phi) is 6.93. The van der Waals surface area contributed by atoms with Gasteiger partial charge in [-0.15, -0.1) is 0 Å². The molecule has 1 saturated heterocycles. The van der Waals surface area contributed by atoms with Crippen molar-refractivity contribution in [3.63, 3.8) is 0 Å². The van der Waals surface area contributed by atoms with E-state index in [0.29, 0.717) is 25.4 Å². The molecular formula is C16H24N4O5. The van der Waals surface area contributed by atoms with Crippen molar-refractivity contribution in [3.8, 4) is 0 Å². The molecule has 2 N–H and O–H groups in total. The Balaban J connectivity index is 0.000000701. The monoisotopic (exact) mass is 352 g/mol. The van der Waals surface area contributed by atoms with Gasteiger partial charge >= 0.3 is 0 Å². The maximum atomic E-state index is 12.3. The number of hydrogen-bond donors (Lipinski definition) is 2. The lowest BCUT2D eigenvalue weighted by molar-refractivity contribution is -0.126. The average molecular weight is 352 g/mol. The molecule has 0 radical (unpaired) electrons. The van der Waals surface area contributed by atoms with E-state index in [9.17, 15) is 9.59 Å². The van der Waals surface area contributed by atoms with Crippen LogP contribution in [0.3, 0.4) is 0 Å². The SMILES string of the molecule is COCCNC(=O)C1CCc2c(C(=O)N3CCC3)ncn2C1.O=CO. The molecule has 25 heavy (non-hydrogen) atoms. The zero-order valence-electron chi connectivity index (χ0n) is 14.3. The number of rotatable bonds is 5. The van der Waals surface area contributed by atoms with Crippen molar-refractivity contribution in [2.75, 3.05) is 33.4 Å². The predicted molar refractivity (Wildman–Crippen MR) is 88.1 cm³/mol. The third-order valence-corrected chi connectivity index (χ3v) is 4.42. The van der Waals surface area contributed by atoms with Crippen LogP contribution in [0.5, 0.6) is 0 Å². The Morgan fingerprint density at radius 1 is 1.48 bits per heavy atom. The van der Waals surface area contributed by atoms with Gasteiger partial charge in [0.05, 0.1) is 24.5 Å². The Hall–Kier alpha value is -2.42. The van der Waals surface area contributed by atoms with Crippen molar-refractivity contribution >= 4 is 18.3 Å².